The summed E-state index contributed by atoms with van der Waals surface area (Å²) in [5.74, 6) is 0. The molecule has 0 aromatic heterocycles. The number of nitrogens with zero attached hydrogens (tertiary/aromatic N) is 6. The van der Waals surface area contributed by atoms with Gasteiger partial charge >= 0.3 is 0 Å². The Hall–Kier alpha value is -5.76. The van der Waals surface area contributed by atoms with Crippen molar-refractivity contribution in [3.63, 3.8) is 0 Å². The van der Waals surface area contributed by atoms with Crippen molar-refractivity contribution in [2.24, 2.45) is 30.7 Å². The van der Waals surface area contributed by atoms with Crippen LogP contribution in [0.5, 0.6) is 0 Å². The van der Waals surface area contributed by atoms with Crippen molar-refractivity contribution in [1.82, 2.24) is 0 Å². The van der Waals surface area contributed by atoms with Crippen molar-refractivity contribution >= 4 is 67.0 Å². The van der Waals surface area contributed by atoms with Crippen molar-refractivity contribution in [2.45, 2.75) is 27.7 Å². The molecular weight excluding hydrogens is 568 g/mol. The van der Waals surface area contributed by atoms with Gasteiger partial charge in [0.05, 0.1) is 34.1 Å². The molecule has 0 aliphatic rings. The lowest BCUT2D eigenvalue weighted by Gasteiger charge is -2.09. The fraction of sp³-hybridized carbons (Fsp3) is 0.158. The molecule has 0 saturated heterocycles. The summed E-state index contributed by atoms with van der Waals surface area (Å²) < 4.78 is 0. The summed E-state index contributed by atoms with van der Waals surface area (Å²) in [5, 5.41) is 38.5. The minimum Gasteiger partial charge on any atom is -0.385 e. The van der Waals surface area contributed by atoms with E-state index in [1.165, 1.54) is 0 Å². The van der Waals surface area contributed by atoms with Gasteiger partial charge in [0.1, 0.15) is 0 Å². The Balaban J connectivity index is 1.16. The van der Waals surface area contributed by atoms with E-state index in [0.717, 1.165) is 91.3 Å². The number of rotatable bonds is 10. The molecule has 46 heavy (non-hydrogen) atoms. The van der Waals surface area contributed by atoms with Crippen molar-refractivity contribution in [3.8, 4) is 0 Å². The number of anilines is 2. The molecule has 6 aromatic carbocycles. The number of nitrogens with one attached hydrogen (secondary N) is 2. The highest BCUT2D eigenvalue weighted by Gasteiger charge is 2.08. The lowest BCUT2D eigenvalue weighted by Crippen LogP contribution is -1.96. The van der Waals surface area contributed by atoms with Gasteiger partial charge in [-0.15, -0.1) is 10.2 Å². The van der Waals surface area contributed by atoms with E-state index in [1.807, 2.05) is 86.6 Å². The van der Waals surface area contributed by atoms with E-state index in [9.17, 15) is 0 Å². The molecule has 0 bridgehead atoms. The minimum atomic E-state index is 0.730. The summed E-state index contributed by atoms with van der Waals surface area (Å²) in [6.45, 7) is 9.91. The van der Waals surface area contributed by atoms with Crippen LogP contribution in [0.3, 0.4) is 0 Å². The summed E-state index contributed by atoms with van der Waals surface area (Å²) in [4.78, 5) is 0. The number of aryl methyl sites for hydroxylation is 2. The molecule has 0 heterocycles. The first-order valence-electron chi connectivity index (χ1n) is 15.5. The topological polar surface area (TPSA) is 98.2 Å². The van der Waals surface area contributed by atoms with Crippen molar-refractivity contribution < 1.29 is 0 Å². The molecule has 8 nitrogen and oxygen atoms in total. The SMILES string of the molecule is CCNc1ccc(N=Nc2ccc(N=Nc3cc(C)c(N=Nc4ccc(NCC)c5ccccc45)cc3C)cc2)c2ccccc12. The number of fused-ring (bicyclic) bond motifs is 2. The van der Waals surface area contributed by atoms with Crippen LogP contribution < -0.4 is 10.6 Å². The zero-order valence-corrected chi connectivity index (χ0v) is 26.5. The molecule has 8 heteroatoms. The monoisotopic (exact) mass is 604 g/mol. The molecule has 0 atom stereocenters. The largest absolute Gasteiger partial charge is 0.385 e. The van der Waals surface area contributed by atoms with E-state index >= 15 is 0 Å². The molecule has 2 N–H and O–H groups in total. The van der Waals surface area contributed by atoms with Crippen molar-refractivity contribution in [1.29, 1.82) is 0 Å². The van der Waals surface area contributed by atoms with Gasteiger partial charge in [0, 0.05) is 46.0 Å². The van der Waals surface area contributed by atoms with Gasteiger partial charge in [-0.2, -0.15) is 20.5 Å². The van der Waals surface area contributed by atoms with E-state index in [4.69, 9.17) is 0 Å². The molecule has 6 rings (SSSR count). The number of hydrogen-bond donors (Lipinski definition) is 2. The second kappa shape index (κ2) is 13.9. The number of benzene rings is 6. The zero-order valence-electron chi connectivity index (χ0n) is 26.5. The van der Waals surface area contributed by atoms with Crippen LogP contribution in [-0.4, -0.2) is 13.1 Å². The Morgan fingerprint density at radius 2 is 0.783 bits per heavy atom. The maximum atomic E-state index is 4.62. The highest BCUT2D eigenvalue weighted by atomic mass is 15.1. The van der Waals surface area contributed by atoms with Gasteiger partial charge in [-0.25, -0.2) is 0 Å². The van der Waals surface area contributed by atoms with E-state index in [-0.39, 0.29) is 0 Å². The van der Waals surface area contributed by atoms with Gasteiger partial charge < -0.3 is 10.6 Å². The van der Waals surface area contributed by atoms with Crippen LogP contribution in [0.4, 0.5) is 45.5 Å². The van der Waals surface area contributed by atoms with Crippen molar-refractivity contribution in [2.75, 3.05) is 23.7 Å². The van der Waals surface area contributed by atoms with E-state index in [2.05, 4.69) is 91.6 Å². The lowest BCUT2D eigenvalue weighted by atomic mass is 10.1. The van der Waals surface area contributed by atoms with Gasteiger partial charge in [0.2, 0.25) is 0 Å². The Kier molecular flexibility index (Phi) is 9.15. The predicted molar refractivity (Wildman–Crippen MR) is 191 cm³/mol. The number of hydrogen-bond acceptors (Lipinski definition) is 8. The predicted octanol–water partition coefficient (Wildman–Crippen LogP) is 12.7. The molecule has 0 aliphatic carbocycles. The Bertz CT molecular complexity index is 2100. The standard InChI is InChI=1S/C38H36N8/c1-5-39-33-19-21-35(31-13-9-7-11-29(31)33)43-41-27-15-17-28(18-16-27)42-45-37-23-26(4)38(24-25(37)3)46-44-36-22-20-34(40-6-2)30-12-8-10-14-32(30)36/h7-24,39-40H,5-6H2,1-4H3. The maximum absolute atomic E-state index is 4.62. The van der Waals surface area contributed by atoms with Crippen LogP contribution in [0.1, 0.15) is 25.0 Å². The summed E-state index contributed by atoms with van der Waals surface area (Å²) in [6, 6.07) is 36.1. The maximum Gasteiger partial charge on any atom is 0.0936 e. The van der Waals surface area contributed by atoms with Gasteiger partial charge in [-0.05, 0) is 99.5 Å². The van der Waals surface area contributed by atoms with Crippen LogP contribution in [0, 0.1) is 13.8 Å². The first-order valence-corrected chi connectivity index (χ1v) is 15.5. The Labute approximate surface area is 269 Å². The molecule has 228 valence electrons. The normalized spacial score (nSPS) is 11.8. The minimum absolute atomic E-state index is 0.730. The van der Waals surface area contributed by atoms with Gasteiger partial charge in [0.25, 0.3) is 0 Å². The fourth-order valence-corrected chi connectivity index (χ4v) is 5.35. The van der Waals surface area contributed by atoms with Crippen LogP contribution in [0.15, 0.2) is 140 Å². The van der Waals surface area contributed by atoms with E-state index < -0.39 is 0 Å². The molecule has 0 radical (unpaired) electrons. The fourth-order valence-electron chi connectivity index (χ4n) is 5.35. The summed E-state index contributed by atoms with van der Waals surface area (Å²) in [7, 11) is 0. The molecular formula is C38H36N8. The van der Waals surface area contributed by atoms with E-state index in [1.54, 1.807) is 0 Å². The second-order valence-electron chi connectivity index (χ2n) is 11.0. The van der Waals surface area contributed by atoms with E-state index in [0.29, 0.717) is 0 Å². The molecule has 6 aromatic rings. The second-order valence-corrected chi connectivity index (χ2v) is 11.0. The third-order valence-corrected chi connectivity index (χ3v) is 7.71. The summed E-state index contributed by atoms with van der Waals surface area (Å²) in [5.41, 5.74) is 8.84. The molecule has 0 fully saturated rings. The molecule has 0 aliphatic heterocycles. The first kappa shape index (κ1) is 30.3. The Morgan fingerprint density at radius 3 is 1.22 bits per heavy atom. The highest BCUT2D eigenvalue weighted by molar-refractivity contribution is 6.01. The third kappa shape index (κ3) is 6.66. The zero-order chi connectivity index (χ0) is 31.9. The molecule has 0 unspecified atom stereocenters. The van der Waals surface area contributed by atoms with Crippen LogP contribution in [-0.2, 0) is 0 Å². The van der Waals surface area contributed by atoms with Crippen LogP contribution >= 0.6 is 0 Å². The Morgan fingerprint density at radius 1 is 0.413 bits per heavy atom. The van der Waals surface area contributed by atoms with Crippen molar-refractivity contribution in [3.05, 3.63) is 120 Å². The lowest BCUT2D eigenvalue weighted by molar-refractivity contribution is 1.17. The van der Waals surface area contributed by atoms with Gasteiger partial charge in [-0.1, -0.05) is 48.5 Å². The summed E-state index contributed by atoms with van der Waals surface area (Å²) >= 11 is 0. The van der Waals surface area contributed by atoms with Crippen LogP contribution in [0.25, 0.3) is 21.5 Å². The van der Waals surface area contributed by atoms with Crippen LogP contribution in [0.2, 0.25) is 0 Å². The third-order valence-electron chi connectivity index (χ3n) is 7.71. The smallest absolute Gasteiger partial charge is 0.0936 e. The average Bonchev–Trinajstić information content (AvgIpc) is 3.09. The molecule has 0 amide bonds. The number of azo groups is 3. The first-order chi connectivity index (χ1) is 22.5. The average molecular weight is 605 g/mol. The quantitative estimate of drug-likeness (QED) is 0.152. The molecule has 0 saturated carbocycles. The van der Waals surface area contributed by atoms with Gasteiger partial charge in [0.15, 0.2) is 0 Å². The molecule has 0 spiro atoms. The van der Waals surface area contributed by atoms with Gasteiger partial charge in [-0.3, -0.25) is 0 Å². The highest BCUT2D eigenvalue weighted by Crippen LogP contribution is 2.36. The summed E-state index contributed by atoms with van der Waals surface area (Å²) in [6.07, 6.45) is 0.